The molecule has 6 heteroatoms. The van der Waals surface area contributed by atoms with Gasteiger partial charge in [-0.15, -0.1) is 0 Å². The minimum Gasteiger partial charge on any atom is -0.465 e. The number of epoxide rings is 2. The fraction of sp³-hybridized carbons (Fsp3) is 0.913. The highest BCUT2D eigenvalue weighted by Crippen LogP contribution is 2.40. The van der Waals surface area contributed by atoms with Crippen molar-refractivity contribution >= 4 is 11.9 Å². The van der Waals surface area contributed by atoms with E-state index >= 15 is 0 Å². The predicted octanol–water partition coefficient (Wildman–Crippen LogP) is 3.65. The number of carbonyl (C=O) groups is 2. The summed E-state index contributed by atoms with van der Waals surface area (Å²) in [6.07, 6.45) is 9.62. The van der Waals surface area contributed by atoms with E-state index < -0.39 is 0 Å². The Hall–Kier alpha value is -1.14. The number of carbonyl (C=O) groups excluding carboxylic acids is 2. The predicted molar refractivity (Wildman–Crippen MR) is 106 cm³/mol. The first-order valence-electron chi connectivity index (χ1n) is 11.7. The van der Waals surface area contributed by atoms with Gasteiger partial charge in [0.1, 0.15) is 0 Å². The summed E-state index contributed by atoms with van der Waals surface area (Å²) in [4.78, 5) is 24.8. The molecule has 0 amide bonds. The Morgan fingerprint density at radius 2 is 1.21 bits per heavy atom. The van der Waals surface area contributed by atoms with Gasteiger partial charge in [0.05, 0.1) is 49.5 Å². The molecule has 2 saturated carbocycles. The summed E-state index contributed by atoms with van der Waals surface area (Å²) in [5.41, 5.74) is 0. The van der Waals surface area contributed by atoms with Gasteiger partial charge < -0.3 is 18.9 Å². The van der Waals surface area contributed by atoms with Crippen molar-refractivity contribution in [3.63, 3.8) is 0 Å². The molecule has 4 fully saturated rings. The van der Waals surface area contributed by atoms with Crippen molar-refractivity contribution in [2.24, 2.45) is 23.7 Å². The minimum atomic E-state index is -0.0604. The monoisotopic (exact) mass is 408 g/mol. The highest BCUT2D eigenvalue weighted by atomic mass is 16.6. The van der Waals surface area contributed by atoms with Crippen LogP contribution in [0, 0.1) is 23.7 Å². The molecule has 2 aliphatic carbocycles. The number of fused-ring (bicyclic) bond motifs is 2. The van der Waals surface area contributed by atoms with E-state index in [1.807, 2.05) is 0 Å². The number of ether oxygens (including phenoxy) is 4. The third kappa shape index (κ3) is 5.52. The zero-order valence-corrected chi connectivity index (χ0v) is 17.8. The van der Waals surface area contributed by atoms with Gasteiger partial charge in [-0.3, -0.25) is 9.59 Å². The van der Waals surface area contributed by atoms with Gasteiger partial charge in [-0.05, 0) is 56.8 Å². The smallest absolute Gasteiger partial charge is 0.309 e. The van der Waals surface area contributed by atoms with Crippen LogP contribution >= 0.6 is 0 Å². The van der Waals surface area contributed by atoms with Crippen LogP contribution in [-0.2, 0) is 28.5 Å². The molecule has 0 N–H and O–H groups in total. The number of hydrogen-bond acceptors (Lipinski definition) is 6. The first-order valence-corrected chi connectivity index (χ1v) is 11.7. The average Bonchev–Trinajstić information content (AvgIpc) is 3.65. The third-order valence-corrected chi connectivity index (χ3v) is 7.42. The molecule has 8 unspecified atom stereocenters. The lowest BCUT2D eigenvalue weighted by atomic mass is 9.89. The van der Waals surface area contributed by atoms with E-state index in [4.69, 9.17) is 18.9 Å². The first-order chi connectivity index (χ1) is 14.1. The molecule has 4 aliphatic rings. The molecule has 4 rings (SSSR count). The molecule has 0 spiro atoms. The molecule has 0 aromatic rings. The Balaban J connectivity index is 1.16. The van der Waals surface area contributed by atoms with Crippen molar-refractivity contribution in [1.82, 2.24) is 0 Å². The second-order valence-corrected chi connectivity index (χ2v) is 9.49. The van der Waals surface area contributed by atoms with Crippen LogP contribution in [0.5, 0.6) is 0 Å². The Morgan fingerprint density at radius 1 is 0.759 bits per heavy atom. The van der Waals surface area contributed by atoms with E-state index in [0.717, 1.165) is 57.8 Å². The van der Waals surface area contributed by atoms with Crippen molar-refractivity contribution in [2.75, 3.05) is 13.2 Å². The van der Waals surface area contributed by atoms with Crippen LogP contribution in [0.25, 0.3) is 0 Å². The fourth-order valence-electron chi connectivity index (χ4n) is 5.05. The lowest BCUT2D eigenvalue weighted by Crippen LogP contribution is -2.28. The van der Waals surface area contributed by atoms with Crippen LogP contribution in [0.15, 0.2) is 0 Å². The van der Waals surface area contributed by atoms with E-state index in [9.17, 15) is 9.59 Å². The Labute approximate surface area is 174 Å². The lowest BCUT2D eigenvalue weighted by molar-refractivity contribution is -0.151. The van der Waals surface area contributed by atoms with Crippen LogP contribution in [-0.4, -0.2) is 49.6 Å². The van der Waals surface area contributed by atoms with Crippen LogP contribution in [0.4, 0.5) is 0 Å². The van der Waals surface area contributed by atoms with Gasteiger partial charge in [-0.2, -0.15) is 0 Å². The summed E-state index contributed by atoms with van der Waals surface area (Å²) in [7, 11) is 0. The first kappa shape index (κ1) is 21.1. The van der Waals surface area contributed by atoms with Crippen LogP contribution in [0.2, 0.25) is 0 Å². The van der Waals surface area contributed by atoms with Gasteiger partial charge in [0.25, 0.3) is 0 Å². The number of rotatable bonds is 10. The zero-order chi connectivity index (χ0) is 20.4. The van der Waals surface area contributed by atoms with E-state index in [0.29, 0.717) is 49.5 Å². The molecule has 6 nitrogen and oxygen atoms in total. The van der Waals surface area contributed by atoms with Crippen molar-refractivity contribution in [1.29, 1.82) is 0 Å². The summed E-state index contributed by atoms with van der Waals surface area (Å²) in [5, 5.41) is 0. The summed E-state index contributed by atoms with van der Waals surface area (Å²) in [6.45, 7) is 5.20. The van der Waals surface area contributed by atoms with Gasteiger partial charge in [0.15, 0.2) is 0 Å². The van der Waals surface area contributed by atoms with Crippen molar-refractivity contribution in [3.8, 4) is 0 Å². The summed E-state index contributed by atoms with van der Waals surface area (Å²) in [5.74, 6) is 0.511. The van der Waals surface area contributed by atoms with Crippen LogP contribution < -0.4 is 0 Å². The maximum absolute atomic E-state index is 12.4. The minimum absolute atomic E-state index is 0.00437. The van der Waals surface area contributed by atoms with Crippen molar-refractivity contribution < 1.29 is 28.5 Å². The molecule has 29 heavy (non-hydrogen) atoms. The molecular formula is C23H36O6. The second-order valence-electron chi connectivity index (χ2n) is 9.49. The highest BCUT2D eigenvalue weighted by molar-refractivity contribution is 5.73. The Morgan fingerprint density at radius 3 is 1.59 bits per heavy atom. The molecule has 8 atom stereocenters. The van der Waals surface area contributed by atoms with Gasteiger partial charge >= 0.3 is 11.9 Å². The van der Waals surface area contributed by atoms with Crippen molar-refractivity contribution in [2.45, 2.75) is 96.1 Å². The van der Waals surface area contributed by atoms with Crippen molar-refractivity contribution in [3.05, 3.63) is 0 Å². The summed E-state index contributed by atoms with van der Waals surface area (Å²) < 4.78 is 22.4. The second kappa shape index (κ2) is 9.34. The van der Waals surface area contributed by atoms with E-state index in [2.05, 4.69) is 13.8 Å². The van der Waals surface area contributed by atoms with Gasteiger partial charge in [-0.25, -0.2) is 0 Å². The standard InChI is InChI=1S/C23H36O6/c1-3-14(12-26-22(24)16-5-7-18-20(10-16)28-18)9-15(4-2)13-27-23(25)17-6-8-19-21(11-17)29-19/h14-21H,3-13H2,1-2H3. The average molecular weight is 409 g/mol. The maximum atomic E-state index is 12.4. The topological polar surface area (TPSA) is 77.7 Å². The fourth-order valence-corrected chi connectivity index (χ4v) is 5.05. The Bertz CT molecular complexity index is 542. The normalized spacial score (nSPS) is 36.9. The molecule has 164 valence electrons. The molecule has 0 radical (unpaired) electrons. The quantitative estimate of drug-likeness (QED) is 0.406. The third-order valence-electron chi connectivity index (χ3n) is 7.42. The largest absolute Gasteiger partial charge is 0.465 e. The number of esters is 2. The summed E-state index contributed by atoms with van der Waals surface area (Å²) in [6, 6.07) is 0. The summed E-state index contributed by atoms with van der Waals surface area (Å²) >= 11 is 0. The molecule has 0 bridgehead atoms. The SMILES string of the molecule is CCC(COC(=O)C1CCC2OC2C1)CC(CC)COC(=O)C1CCC2OC2C1. The maximum Gasteiger partial charge on any atom is 0.309 e. The molecule has 2 aliphatic heterocycles. The van der Waals surface area contributed by atoms with Gasteiger partial charge in [-0.1, -0.05) is 26.7 Å². The van der Waals surface area contributed by atoms with Gasteiger partial charge in [0.2, 0.25) is 0 Å². The van der Waals surface area contributed by atoms with E-state index in [-0.39, 0.29) is 23.8 Å². The molecule has 2 saturated heterocycles. The van der Waals surface area contributed by atoms with E-state index in [1.54, 1.807) is 0 Å². The Kier molecular flexibility index (Phi) is 6.80. The molecule has 0 aromatic carbocycles. The van der Waals surface area contributed by atoms with Crippen LogP contribution in [0.3, 0.4) is 0 Å². The lowest BCUT2D eigenvalue weighted by Gasteiger charge is -2.24. The molecular weight excluding hydrogens is 372 g/mol. The van der Waals surface area contributed by atoms with Crippen LogP contribution in [0.1, 0.15) is 71.6 Å². The van der Waals surface area contributed by atoms with Gasteiger partial charge in [0, 0.05) is 0 Å². The molecule has 0 aromatic heterocycles. The highest BCUT2D eigenvalue weighted by Gasteiger charge is 2.47. The number of hydrogen-bond donors (Lipinski definition) is 0. The zero-order valence-electron chi connectivity index (χ0n) is 17.8. The molecule has 2 heterocycles. The van der Waals surface area contributed by atoms with E-state index in [1.165, 1.54) is 0 Å².